The fraction of sp³-hybridized carbons (Fsp3) is 0.333. The SMILES string of the molecule is Cc1nc(NCc2cccc3c2cnn3C)n2ncc(C(C)C)c2n1. The quantitative estimate of drug-likeness (QED) is 0.620. The second-order valence-electron chi connectivity index (χ2n) is 6.56. The van der Waals surface area contributed by atoms with Gasteiger partial charge in [0, 0.05) is 24.5 Å². The number of aromatic nitrogens is 6. The zero-order chi connectivity index (χ0) is 17.6. The number of benzene rings is 1. The van der Waals surface area contributed by atoms with Crippen molar-refractivity contribution in [2.45, 2.75) is 33.2 Å². The lowest BCUT2D eigenvalue weighted by molar-refractivity contribution is 0.797. The Morgan fingerprint density at radius 2 is 1.96 bits per heavy atom. The highest BCUT2D eigenvalue weighted by atomic mass is 15.3. The Bertz CT molecular complexity index is 1060. The molecule has 3 heterocycles. The number of hydrogen-bond acceptors (Lipinski definition) is 5. The van der Waals surface area contributed by atoms with Gasteiger partial charge in [-0.15, -0.1) is 0 Å². The fourth-order valence-electron chi connectivity index (χ4n) is 3.09. The Morgan fingerprint density at radius 3 is 2.76 bits per heavy atom. The van der Waals surface area contributed by atoms with Crippen LogP contribution in [0.15, 0.2) is 30.6 Å². The van der Waals surface area contributed by atoms with Gasteiger partial charge in [-0.2, -0.15) is 19.7 Å². The van der Waals surface area contributed by atoms with Crippen LogP contribution in [0.25, 0.3) is 16.6 Å². The van der Waals surface area contributed by atoms with Crippen molar-refractivity contribution >= 4 is 22.5 Å². The number of nitrogens with zero attached hydrogens (tertiary/aromatic N) is 6. The van der Waals surface area contributed by atoms with Crippen LogP contribution in [-0.4, -0.2) is 29.4 Å². The molecule has 1 N–H and O–H groups in total. The summed E-state index contributed by atoms with van der Waals surface area (Å²) in [5.74, 6) is 1.80. The number of hydrogen-bond donors (Lipinski definition) is 1. The average Bonchev–Trinajstić information content (AvgIpc) is 3.17. The van der Waals surface area contributed by atoms with Crippen LogP contribution in [0.2, 0.25) is 0 Å². The molecule has 0 aliphatic rings. The molecule has 0 aliphatic heterocycles. The van der Waals surface area contributed by atoms with Gasteiger partial charge in [-0.25, -0.2) is 4.98 Å². The molecule has 3 aromatic heterocycles. The van der Waals surface area contributed by atoms with Gasteiger partial charge in [0.15, 0.2) is 5.65 Å². The minimum absolute atomic E-state index is 0.365. The monoisotopic (exact) mass is 335 g/mol. The minimum atomic E-state index is 0.365. The van der Waals surface area contributed by atoms with Gasteiger partial charge in [-0.05, 0) is 24.5 Å². The summed E-state index contributed by atoms with van der Waals surface area (Å²) in [5, 5.41) is 13.4. The van der Waals surface area contributed by atoms with E-state index in [0.717, 1.165) is 27.9 Å². The van der Waals surface area contributed by atoms with Crippen molar-refractivity contribution < 1.29 is 0 Å². The molecule has 0 unspecified atom stereocenters. The van der Waals surface area contributed by atoms with Crippen molar-refractivity contribution in [3.63, 3.8) is 0 Å². The van der Waals surface area contributed by atoms with Crippen LogP contribution >= 0.6 is 0 Å². The first kappa shape index (κ1) is 15.6. The molecule has 128 valence electrons. The number of nitrogens with one attached hydrogen (secondary N) is 1. The summed E-state index contributed by atoms with van der Waals surface area (Å²) in [4.78, 5) is 9.09. The van der Waals surface area contributed by atoms with E-state index in [1.54, 1.807) is 4.52 Å². The molecule has 0 aliphatic carbocycles. The minimum Gasteiger partial charge on any atom is -0.350 e. The van der Waals surface area contributed by atoms with E-state index in [2.05, 4.69) is 51.5 Å². The summed E-state index contributed by atoms with van der Waals surface area (Å²) in [7, 11) is 1.95. The van der Waals surface area contributed by atoms with Crippen molar-refractivity contribution in [3.05, 3.63) is 47.5 Å². The third-order valence-corrected chi connectivity index (χ3v) is 4.45. The molecule has 0 fully saturated rings. The average molecular weight is 335 g/mol. The molecule has 0 radical (unpaired) electrons. The Balaban J connectivity index is 1.71. The van der Waals surface area contributed by atoms with Crippen LogP contribution in [0, 0.1) is 6.92 Å². The molecule has 1 aromatic carbocycles. The van der Waals surface area contributed by atoms with E-state index < -0.39 is 0 Å². The number of fused-ring (bicyclic) bond motifs is 2. The predicted molar refractivity (Wildman–Crippen MR) is 97.6 cm³/mol. The number of anilines is 1. The summed E-state index contributed by atoms with van der Waals surface area (Å²) in [6.07, 6.45) is 3.78. The highest BCUT2D eigenvalue weighted by Gasteiger charge is 2.14. The van der Waals surface area contributed by atoms with Gasteiger partial charge >= 0.3 is 0 Å². The predicted octanol–water partition coefficient (Wildman–Crippen LogP) is 3.05. The molecule has 0 spiro atoms. The second-order valence-corrected chi connectivity index (χ2v) is 6.56. The van der Waals surface area contributed by atoms with E-state index in [1.165, 1.54) is 5.56 Å². The van der Waals surface area contributed by atoms with Crippen LogP contribution in [-0.2, 0) is 13.6 Å². The van der Waals surface area contributed by atoms with Crippen LogP contribution in [0.4, 0.5) is 5.95 Å². The normalized spacial score (nSPS) is 11.7. The molecule has 0 atom stereocenters. The summed E-state index contributed by atoms with van der Waals surface area (Å²) in [5.41, 5.74) is 4.28. The first-order chi connectivity index (χ1) is 12.0. The van der Waals surface area contributed by atoms with Crippen molar-refractivity contribution in [1.82, 2.24) is 29.4 Å². The molecule has 0 amide bonds. The first-order valence-electron chi connectivity index (χ1n) is 8.40. The largest absolute Gasteiger partial charge is 0.350 e. The third-order valence-electron chi connectivity index (χ3n) is 4.45. The third kappa shape index (κ3) is 2.61. The first-order valence-corrected chi connectivity index (χ1v) is 8.40. The summed E-state index contributed by atoms with van der Waals surface area (Å²) >= 11 is 0. The van der Waals surface area contributed by atoms with E-state index in [4.69, 9.17) is 0 Å². The zero-order valence-electron chi connectivity index (χ0n) is 14.9. The van der Waals surface area contributed by atoms with E-state index >= 15 is 0 Å². The molecule has 4 aromatic rings. The summed E-state index contributed by atoms with van der Waals surface area (Å²) < 4.78 is 3.67. The van der Waals surface area contributed by atoms with E-state index in [9.17, 15) is 0 Å². The van der Waals surface area contributed by atoms with Crippen molar-refractivity contribution in [1.29, 1.82) is 0 Å². The topological polar surface area (TPSA) is 72.9 Å². The van der Waals surface area contributed by atoms with Gasteiger partial charge in [0.2, 0.25) is 5.95 Å². The molecule has 0 saturated heterocycles. The lowest BCUT2D eigenvalue weighted by Crippen LogP contribution is -2.10. The van der Waals surface area contributed by atoms with E-state index in [1.807, 2.05) is 37.1 Å². The van der Waals surface area contributed by atoms with Crippen LogP contribution < -0.4 is 5.32 Å². The molecule has 7 heteroatoms. The van der Waals surface area contributed by atoms with E-state index in [-0.39, 0.29) is 0 Å². The van der Waals surface area contributed by atoms with Crippen molar-refractivity contribution in [2.24, 2.45) is 7.05 Å². The maximum atomic E-state index is 4.56. The van der Waals surface area contributed by atoms with Gasteiger partial charge in [-0.1, -0.05) is 26.0 Å². The number of rotatable bonds is 4. The van der Waals surface area contributed by atoms with Crippen molar-refractivity contribution in [2.75, 3.05) is 5.32 Å². The highest BCUT2D eigenvalue weighted by Crippen LogP contribution is 2.22. The van der Waals surface area contributed by atoms with Gasteiger partial charge in [0.25, 0.3) is 0 Å². The smallest absolute Gasteiger partial charge is 0.227 e. The molecule has 25 heavy (non-hydrogen) atoms. The molecule has 0 saturated carbocycles. The Labute approximate surface area is 145 Å². The lowest BCUT2D eigenvalue weighted by atomic mass is 10.1. The number of aryl methyl sites for hydroxylation is 2. The van der Waals surface area contributed by atoms with Gasteiger partial charge in [0.05, 0.1) is 17.9 Å². The standard InChI is InChI=1S/C18H21N7/c1-11(2)14-9-21-25-17(14)22-12(3)23-18(25)19-8-13-6-5-7-16-15(13)10-20-24(16)4/h5-7,9-11H,8H2,1-4H3,(H,19,22,23). The van der Waals surface area contributed by atoms with Gasteiger partial charge in [0.1, 0.15) is 5.82 Å². The summed E-state index contributed by atoms with van der Waals surface area (Å²) in [6, 6.07) is 6.22. The summed E-state index contributed by atoms with van der Waals surface area (Å²) in [6.45, 7) is 6.84. The molecule has 7 nitrogen and oxygen atoms in total. The molecule has 4 rings (SSSR count). The maximum absolute atomic E-state index is 4.56. The Morgan fingerprint density at radius 1 is 1.12 bits per heavy atom. The Hall–Kier alpha value is -2.96. The highest BCUT2D eigenvalue weighted by molar-refractivity contribution is 5.82. The molecular weight excluding hydrogens is 314 g/mol. The fourth-order valence-corrected chi connectivity index (χ4v) is 3.09. The van der Waals surface area contributed by atoms with E-state index in [0.29, 0.717) is 18.4 Å². The lowest BCUT2D eigenvalue weighted by Gasteiger charge is -2.10. The van der Waals surface area contributed by atoms with Crippen LogP contribution in [0.1, 0.15) is 36.7 Å². The van der Waals surface area contributed by atoms with Gasteiger partial charge in [-0.3, -0.25) is 4.68 Å². The van der Waals surface area contributed by atoms with Crippen LogP contribution in [0.3, 0.4) is 0 Å². The molecule has 0 bridgehead atoms. The maximum Gasteiger partial charge on any atom is 0.227 e. The van der Waals surface area contributed by atoms with Gasteiger partial charge < -0.3 is 5.32 Å². The molecular formula is C18H21N7. The zero-order valence-corrected chi connectivity index (χ0v) is 14.9. The second kappa shape index (κ2) is 5.84. The van der Waals surface area contributed by atoms with Crippen LogP contribution in [0.5, 0.6) is 0 Å². The van der Waals surface area contributed by atoms with Crippen molar-refractivity contribution in [3.8, 4) is 0 Å². The Kier molecular flexibility index (Phi) is 3.63.